The smallest absolute Gasteiger partial charge is 0.416 e. The minimum Gasteiger partial charge on any atom is -0.454 e. The maximum atomic E-state index is 12.5. The zero-order chi connectivity index (χ0) is 17.0. The summed E-state index contributed by atoms with van der Waals surface area (Å²) in [6, 6.07) is 3.30. The number of halogens is 3. The molecule has 9 heteroatoms. The largest absolute Gasteiger partial charge is 0.454 e. The van der Waals surface area contributed by atoms with E-state index in [4.69, 9.17) is 4.74 Å². The molecule has 1 aromatic rings. The van der Waals surface area contributed by atoms with Crippen LogP contribution >= 0.6 is 0 Å². The molecule has 0 saturated carbocycles. The molecular weight excluding hydrogens is 317 g/mol. The zero-order valence-corrected chi connectivity index (χ0v) is 11.8. The second kappa shape index (κ2) is 6.67. The van der Waals surface area contributed by atoms with Crippen molar-refractivity contribution < 1.29 is 32.3 Å². The average Bonchev–Trinajstić information content (AvgIpc) is 2.91. The number of carbonyl (C=O) groups excluding carboxylic acids is 3. The van der Waals surface area contributed by atoms with Gasteiger partial charge in [-0.05, 0) is 24.6 Å². The molecule has 1 saturated heterocycles. The van der Waals surface area contributed by atoms with E-state index in [1.54, 1.807) is 0 Å². The molecule has 23 heavy (non-hydrogen) atoms. The molecule has 1 aliphatic heterocycles. The molecule has 2 amide bonds. The van der Waals surface area contributed by atoms with Gasteiger partial charge in [0.1, 0.15) is 6.04 Å². The number of amides is 2. The summed E-state index contributed by atoms with van der Waals surface area (Å²) in [4.78, 5) is 34.1. The number of alkyl halides is 3. The van der Waals surface area contributed by atoms with Gasteiger partial charge in [-0.15, -0.1) is 0 Å². The molecule has 1 fully saturated rings. The number of ether oxygens (including phenoxy) is 1. The van der Waals surface area contributed by atoms with Gasteiger partial charge in [-0.3, -0.25) is 9.59 Å². The van der Waals surface area contributed by atoms with Gasteiger partial charge in [0.25, 0.3) is 5.91 Å². The summed E-state index contributed by atoms with van der Waals surface area (Å²) in [7, 11) is 0. The predicted molar refractivity (Wildman–Crippen MR) is 72.2 cm³/mol. The van der Waals surface area contributed by atoms with Crippen molar-refractivity contribution in [1.82, 2.24) is 5.32 Å². The molecule has 1 heterocycles. The van der Waals surface area contributed by atoms with E-state index in [0.717, 1.165) is 18.2 Å². The summed E-state index contributed by atoms with van der Waals surface area (Å²) in [5.74, 6) is -1.81. The highest BCUT2D eigenvalue weighted by atomic mass is 19.4. The molecule has 0 aromatic heterocycles. The van der Waals surface area contributed by atoms with Crippen LogP contribution in [0, 0.1) is 0 Å². The number of nitrogens with one attached hydrogen (secondary N) is 2. The molecule has 6 nitrogen and oxygen atoms in total. The molecule has 1 aliphatic rings. The first kappa shape index (κ1) is 16.8. The average molecular weight is 330 g/mol. The predicted octanol–water partition coefficient (Wildman–Crippen LogP) is 1.47. The van der Waals surface area contributed by atoms with Crippen molar-refractivity contribution in [2.45, 2.75) is 25.1 Å². The number of benzene rings is 1. The van der Waals surface area contributed by atoms with Crippen LogP contribution in [0.15, 0.2) is 24.3 Å². The van der Waals surface area contributed by atoms with Gasteiger partial charge in [-0.2, -0.15) is 13.2 Å². The standard InChI is InChI=1S/C14H13F3N2O4/c15-14(16,17)8-2-1-3-9(6-8)18-12(21)7-23-13(22)10-4-5-11(20)19-10/h1-3,6,10H,4-5,7H2,(H,18,21)(H,19,20)/t10-/m0/s1. The van der Waals surface area contributed by atoms with Gasteiger partial charge in [0, 0.05) is 12.1 Å². The number of anilines is 1. The normalized spacial score (nSPS) is 17.5. The summed E-state index contributed by atoms with van der Waals surface area (Å²) >= 11 is 0. The molecule has 124 valence electrons. The zero-order valence-electron chi connectivity index (χ0n) is 11.8. The third-order valence-electron chi connectivity index (χ3n) is 3.10. The topological polar surface area (TPSA) is 84.5 Å². The fourth-order valence-corrected chi connectivity index (χ4v) is 2.00. The summed E-state index contributed by atoms with van der Waals surface area (Å²) < 4.78 is 42.4. The number of hydrogen-bond acceptors (Lipinski definition) is 4. The molecule has 0 bridgehead atoms. The number of hydrogen-bond donors (Lipinski definition) is 2. The Hall–Kier alpha value is -2.58. The summed E-state index contributed by atoms with van der Waals surface area (Å²) in [5.41, 5.74) is -0.962. The first-order valence-corrected chi connectivity index (χ1v) is 6.69. The Bertz CT molecular complexity index is 631. The number of esters is 1. The molecule has 1 aromatic carbocycles. The molecular formula is C14H13F3N2O4. The highest BCUT2D eigenvalue weighted by Crippen LogP contribution is 2.30. The fourth-order valence-electron chi connectivity index (χ4n) is 2.00. The van der Waals surface area contributed by atoms with Crippen LogP contribution in [0.2, 0.25) is 0 Å². The molecule has 2 rings (SSSR count). The molecule has 0 aliphatic carbocycles. The van der Waals surface area contributed by atoms with Crippen LogP contribution < -0.4 is 10.6 Å². The lowest BCUT2D eigenvalue weighted by molar-refractivity contribution is -0.149. The molecule has 0 radical (unpaired) electrons. The fraction of sp³-hybridized carbons (Fsp3) is 0.357. The molecule has 0 unspecified atom stereocenters. The Morgan fingerprint density at radius 2 is 2.09 bits per heavy atom. The highest BCUT2D eigenvalue weighted by molar-refractivity contribution is 5.94. The van der Waals surface area contributed by atoms with E-state index in [-0.39, 0.29) is 24.4 Å². The Morgan fingerprint density at radius 1 is 1.35 bits per heavy atom. The second-order valence-corrected chi connectivity index (χ2v) is 4.89. The number of carbonyl (C=O) groups is 3. The van der Waals surface area contributed by atoms with Crippen LogP contribution in [0.1, 0.15) is 18.4 Å². The third-order valence-corrected chi connectivity index (χ3v) is 3.10. The monoisotopic (exact) mass is 330 g/mol. The minimum atomic E-state index is -4.52. The first-order valence-electron chi connectivity index (χ1n) is 6.69. The maximum absolute atomic E-state index is 12.5. The van der Waals surface area contributed by atoms with Crippen molar-refractivity contribution in [3.63, 3.8) is 0 Å². The third kappa shape index (κ3) is 4.70. The SMILES string of the molecule is O=C(COC(=O)[C@@H]1CCC(=O)N1)Nc1cccc(C(F)(F)F)c1. The van der Waals surface area contributed by atoms with Crippen LogP contribution in [-0.4, -0.2) is 30.4 Å². The lowest BCUT2D eigenvalue weighted by Crippen LogP contribution is -2.36. The van der Waals surface area contributed by atoms with Crippen LogP contribution in [0.25, 0.3) is 0 Å². The van der Waals surface area contributed by atoms with Crippen LogP contribution in [-0.2, 0) is 25.3 Å². The van der Waals surface area contributed by atoms with Crippen LogP contribution in [0.3, 0.4) is 0 Å². The van der Waals surface area contributed by atoms with E-state index in [9.17, 15) is 27.6 Å². The lowest BCUT2D eigenvalue weighted by Gasteiger charge is -2.11. The van der Waals surface area contributed by atoms with E-state index in [1.807, 2.05) is 0 Å². The van der Waals surface area contributed by atoms with Gasteiger partial charge >= 0.3 is 12.1 Å². The lowest BCUT2D eigenvalue weighted by atomic mass is 10.2. The van der Waals surface area contributed by atoms with Gasteiger partial charge in [0.15, 0.2) is 6.61 Å². The van der Waals surface area contributed by atoms with Gasteiger partial charge in [0.2, 0.25) is 5.91 Å². The maximum Gasteiger partial charge on any atom is 0.416 e. The van der Waals surface area contributed by atoms with E-state index in [2.05, 4.69) is 10.6 Å². The Kier molecular flexibility index (Phi) is 4.87. The van der Waals surface area contributed by atoms with E-state index >= 15 is 0 Å². The van der Waals surface area contributed by atoms with E-state index in [0.29, 0.717) is 0 Å². The van der Waals surface area contributed by atoms with E-state index < -0.39 is 36.3 Å². The quantitative estimate of drug-likeness (QED) is 0.819. The molecule has 2 N–H and O–H groups in total. The van der Waals surface area contributed by atoms with Gasteiger partial charge in [0.05, 0.1) is 5.56 Å². The Balaban J connectivity index is 1.85. The molecule has 0 spiro atoms. The van der Waals surface area contributed by atoms with Crippen LogP contribution in [0.5, 0.6) is 0 Å². The first-order chi connectivity index (χ1) is 10.8. The Morgan fingerprint density at radius 3 is 2.70 bits per heavy atom. The van der Waals surface area contributed by atoms with Crippen molar-refractivity contribution in [3.05, 3.63) is 29.8 Å². The van der Waals surface area contributed by atoms with Crippen molar-refractivity contribution >= 4 is 23.5 Å². The second-order valence-electron chi connectivity index (χ2n) is 4.89. The minimum absolute atomic E-state index is 0.0601. The van der Waals surface area contributed by atoms with Crippen molar-refractivity contribution in [1.29, 1.82) is 0 Å². The van der Waals surface area contributed by atoms with Crippen molar-refractivity contribution in [2.75, 3.05) is 11.9 Å². The molecule has 1 atom stereocenters. The van der Waals surface area contributed by atoms with E-state index in [1.165, 1.54) is 6.07 Å². The van der Waals surface area contributed by atoms with Gasteiger partial charge < -0.3 is 15.4 Å². The summed E-state index contributed by atoms with van der Waals surface area (Å²) in [6.07, 6.45) is -4.03. The Labute approximate surface area is 129 Å². The number of rotatable bonds is 4. The van der Waals surface area contributed by atoms with Crippen molar-refractivity contribution in [2.24, 2.45) is 0 Å². The van der Waals surface area contributed by atoms with Gasteiger partial charge in [-0.1, -0.05) is 6.07 Å². The van der Waals surface area contributed by atoms with Crippen LogP contribution in [0.4, 0.5) is 18.9 Å². The highest BCUT2D eigenvalue weighted by Gasteiger charge is 2.31. The van der Waals surface area contributed by atoms with Crippen molar-refractivity contribution in [3.8, 4) is 0 Å². The van der Waals surface area contributed by atoms with Gasteiger partial charge in [-0.25, -0.2) is 4.79 Å². The summed E-state index contributed by atoms with van der Waals surface area (Å²) in [5, 5.41) is 4.59. The summed E-state index contributed by atoms with van der Waals surface area (Å²) in [6.45, 7) is -0.651.